The van der Waals surface area contributed by atoms with Crippen LogP contribution in [0.25, 0.3) is 11.4 Å². The van der Waals surface area contributed by atoms with E-state index >= 15 is 0 Å². The number of hydrogen-bond acceptors (Lipinski definition) is 8. The van der Waals surface area contributed by atoms with Crippen LogP contribution < -0.4 is 20.7 Å². The first-order chi connectivity index (χ1) is 15.0. The Hall–Kier alpha value is -4.02. The van der Waals surface area contributed by atoms with Crippen LogP contribution in [0.4, 0.5) is 17.3 Å². The molecule has 0 saturated heterocycles. The minimum absolute atomic E-state index is 0.0288. The lowest BCUT2D eigenvalue weighted by Gasteiger charge is -2.15. The molecule has 160 valence electrons. The van der Waals surface area contributed by atoms with Crippen LogP contribution in [-0.4, -0.2) is 50.7 Å². The van der Waals surface area contributed by atoms with Crippen molar-refractivity contribution < 1.29 is 14.3 Å². The lowest BCUT2D eigenvalue weighted by atomic mass is 10.2. The summed E-state index contributed by atoms with van der Waals surface area (Å²) >= 11 is 0. The van der Waals surface area contributed by atoms with Gasteiger partial charge >= 0.3 is 0 Å². The zero-order valence-corrected chi connectivity index (χ0v) is 17.3. The van der Waals surface area contributed by atoms with Gasteiger partial charge in [-0.05, 0) is 18.9 Å². The maximum Gasteiger partial charge on any atom is 0.254 e. The molecule has 1 aliphatic carbocycles. The van der Waals surface area contributed by atoms with Crippen LogP contribution in [0.3, 0.4) is 0 Å². The van der Waals surface area contributed by atoms with Crippen molar-refractivity contribution in [2.45, 2.75) is 12.8 Å². The summed E-state index contributed by atoms with van der Waals surface area (Å²) in [5.41, 5.74) is 1.34. The maximum atomic E-state index is 12.4. The molecule has 0 unspecified atom stereocenters. The summed E-state index contributed by atoms with van der Waals surface area (Å²) < 4.78 is 7.16. The zero-order chi connectivity index (χ0) is 22.0. The topological polar surface area (TPSA) is 136 Å². The molecule has 4 rings (SSSR count). The molecular formula is C20H22N8O3. The van der Waals surface area contributed by atoms with Crippen LogP contribution >= 0.6 is 0 Å². The highest BCUT2D eigenvalue weighted by molar-refractivity contribution is 6.01. The number of ether oxygens (including phenoxy) is 1. The monoisotopic (exact) mass is 422 g/mol. The molecule has 11 heteroatoms. The fourth-order valence-electron chi connectivity index (χ4n) is 3.03. The first kappa shape index (κ1) is 20.3. The van der Waals surface area contributed by atoms with Gasteiger partial charge in [0.05, 0.1) is 23.9 Å². The van der Waals surface area contributed by atoms with Crippen LogP contribution in [0.2, 0.25) is 0 Å². The van der Waals surface area contributed by atoms with Gasteiger partial charge in [-0.3, -0.25) is 14.3 Å². The molecule has 3 heterocycles. The van der Waals surface area contributed by atoms with Crippen molar-refractivity contribution in [1.82, 2.24) is 30.0 Å². The Morgan fingerprint density at radius 1 is 1.23 bits per heavy atom. The summed E-state index contributed by atoms with van der Waals surface area (Å²) in [7, 11) is 4.82. The number of carbonyl (C=O) groups is 2. The Bertz CT molecular complexity index is 1140. The lowest BCUT2D eigenvalue weighted by molar-refractivity contribution is -0.117. The summed E-state index contributed by atoms with van der Waals surface area (Å²) in [5, 5.41) is 12.8. The highest BCUT2D eigenvalue weighted by Gasteiger charge is 2.30. The molecule has 1 fully saturated rings. The van der Waals surface area contributed by atoms with Crippen LogP contribution in [0.1, 0.15) is 23.2 Å². The molecule has 2 amide bonds. The number of nitrogens with zero attached hydrogens (tertiary/aromatic N) is 5. The van der Waals surface area contributed by atoms with E-state index in [-0.39, 0.29) is 23.3 Å². The fraction of sp³-hybridized carbons (Fsp3) is 0.300. The van der Waals surface area contributed by atoms with Gasteiger partial charge in [-0.1, -0.05) is 0 Å². The van der Waals surface area contributed by atoms with Crippen molar-refractivity contribution in [3.05, 3.63) is 36.4 Å². The molecule has 0 aliphatic heterocycles. The van der Waals surface area contributed by atoms with E-state index in [1.165, 1.54) is 20.4 Å². The van der Waals surface area contributed by atoms with E-state index in [1.807, 2.05) is 0 Å². The first-order valence-corrected chi connectivity index (χ1v) is 9.69. The van der Waals surface area contributed by atoms with Gasteiger partial charge in [0.15, 0.2) is 17.4 Å². The zero-order valence-electron chi connectivity index (χ0n) is 17.3. The van der Waals surface area contributed by atoms with Crippen molar-refractivity contribution in [3.63, 3.8) is 0 Å². The van der Waals surface area contributed by atoms with Crippen molar-refractivity contribution >= 4 is 29.1 Å². The summed E-state index contributed by atoms with van der Waals surface area (Å²) in [6, 6.07) is 3.34. The summed E-state index contributed by atoms with van der Waals surface area (Å²) in [5.74, 6) is 1.21. The van der Waals surface area contributed by atoms with Crippen molar-refractivity contribution in [2.75, 3.05) is 24.8 Å². The Kier molecular flexibility index (Phi) is 5.48. The van der Waals surface area contributed by atoms with Crippen LogP contribution in [-0.2, 0) is 11.8 Å². The van der Waals surface area contributed by atoms with E-state index in [2.05, 4.69) is 36.0 Å². The normalized spacial score (nSPS) is 12.9. The maximum absolute atomic E-state index is 12.4. The second-order valence-electron chi connectivity index (χ2n) is 7.06. The standard InChI is InChI=1S/C20H22N8O3/c1-21-20(30)13-9-23-15(26-19(29)11-4-5-11)8-14(13)25-18-16(31-3)12(6-7-22-18)17-24-10-28(2)27-17/h6-11H,4-5H2,1-3H3,(H,21,30)(H2,22,23,25,26,29). The van der Waals surface area contributed by atoms with Gasteiger partial charge in [0.25, 0.3) is 5.91 Å². The number of anilines is 3. The molecule has 1 saturated carbocycles. The van der Waals surface area contributed by atoms with E-state index in [4.69, 9.17) is 4.74 Å². The number of hydrogen-bond donors (Lipinski definition) is 3. The van der Waals surface area contributed by atoms with Gasteiger partial charge in [0, 0.05) is 38.5 Å². The number of nitrogens with one attached hydrogen (secondary N) is 3. The molecule has 0 aromatic carbocycles. The number of aryl methyl sites for hydroxylation is 1. The van der Waals surface area contributed by atoms with Gasteiger partial charge in [0.1, 0.15) is 12.1 Å². The highest BCUT2D eigenvalue weighted by atomic mass is 16.5. The Balaban J connectivity index is 1.71. The molecule has 0 radical (unpaired) electrons. The molecule has 3 aromatic rings. The minimum Gasteiger partial charge on any atom is -0.492 e. The first-order valence-electron chi connectivity index (χ1n) is 9.69. The SMILES string of the molecule is CNC(=O)c1cnc(NC(=O)C2CC2)cc1Nc1nccc(-c2ncn(C)n2)c1OC. The highest BCUT2D eigenvalue weighted by Crippen LogP contribution is 2.36. The second kappa shape index (κ2) is 8.38. The fourth-order valence-corrected chi connectivity index (χ4v) is 3.03. The third-order valence-corrected chi connectivity index (χ3v) is 4.78. The number of aromatic nitrogens is 5. The number of pyridine rings is 2. The Morgan fingerprint density at radius 3 is 2.68 bits per heavy atom. The summed E-state index contributed by atoms with van der Waals surface area (Å²) in [6.07, 6.45) is 6.34. The van der Waals surface area contributed by atoms with Crippen LogP contribution in [0, 0.1) is 5.92 Å². The van der Waals surface area contributed by atoms with Crippen molar-refractivity contribution in [1.29, 1.82) is 0 Å². The van der Waals surface area contributed by atoms with E-state index in [0.29, 0.717) is 34.5 Å². The van der Waals surface area contributed by atoms with E-state index in [0.717, 1.165) is 12.8 Å². The van der Waals surface area contributed by atoms with E-state index in [9.17, 15) is 9.59 Å². The number of rotatable bonds is 7. The van der Waals surface area contributed by atoms with Crippen LogP contribution in [0.5, 0.6) is 5.75 Å². The molecule has 0 atom stereocenters. The average Bonchev–Trinajstić information content (AvgIpc) is 3.54. The average molecular weight is 422 g/mol. The molecule has 3 aromatic heterocycles. The van der Waals surface area contributed by atoms with Gasteiger partial charge in [-0.2, -0.15) is 5.10 Å². The number of amides is 2. The molecule has 0 spiro atoms. The van der Waals surface area contributed by atoms with Gasteiger partial charge < -0.3 is 20.7 Å². The summed E-state index contributed by atoms with van der Waals surface area (Å²) in [4.78, 5) is 37.3. The Morgan fingerprint density at radius 2 is 2.03 bits per heavy atom. The molecular weight excluding hydrogens is 400 g/mol. The van der Waals surface area contributed by atoms with Gasteiger partial charge in [0.2, 0.25) is 5.91 Å². The van der Waals surface area contributed by atoms with E-state index in [1.54, 1.807) is 36.4 Å². The summed E-state index contributed by atoms with van der Waals surface area (Å²) in [6.45, 7) is 0. The van der Waals surface area contributed by atoms with Crippen LogP contribution in [0.15, 0.2) is 30.9 Å². The predicted octanol–water partition coefficient (Wildman–Crippen LogP) is 1.73. The molecule has 0 bridgehead atoms. The van der Waals surface area contributed by atoms with Gasteiger partial charge in [-0.25, -0.2) is 15.0 Å². The predicted molar refractivity (Wildman–Crippen MR) is 113 cm³/mol. The lowest BCUT2D eigenvalue weighted by Crippen LogP contribution is -2.20. The second-order valence-corrected chi connectivity index (χ2v) is 7.06. The molecule has 1 aliphatic rings. The van der Waals surface area contributed by atoms with Crippen molar-refractivity contribution in [2.24, 2.45) is 13.0 Å². The quantitative estimate of drug-likeness (QED) is 0.524. The largest absolute Gasteiger partial charge is 0.492 e. The third-order valence-electron chi connectivity index (χ3n) is 4.78. The minimum atomic E-state index is -0.336. The smallest absolute Gasteiger partial charge is 0.254 e. The molecule has 3 N–H and O–H groups in total. The molecule has 31 heavy (non-hydrogen) atoms. The van der Waals surface area contributed by atoms with Crippen molar-refractivity contribution in [3.8, 4) is 17.1 Å². The number of methoxy groups -OCH3 is 1. The Labute approximate surface area is 178 Å². The number of carbonyl (C=O) groups excluding carboxylic acids is 2. The molecule has 11 nitrogen and oxygen atoms in total. The van der Waals surface area contributed by atoms with E-state index < -0.39 is 0 Å². The third kappa shape index (κ3) is 4.29. The van der Waals surface area contributed by atoms with Gasteiger partial charge in [-0.15, -0.1) is 0 Å².